The summed E-state index contributed by atoms with van der Waals surface area (Å²) < 4.78 is 1.91. The van der Waals surface area contributed by atoms with Crippen LogP contribution in [0.1, 0.15) is 54.4 Å². The maximum atomic E-state index is 13.2. The van der Waals surface area contributed by atoms with E-state index in [1.54, 1.807) is 18.2 Å². The Morgan fingerprint density at radius 2 is 1.90 bits per heavy atom. The van der Waals surface area contributed by atoms with Crippen LogP contribution in [0.4, 0.5) is 4.79 Å². The molecule has 8 heteroatoms. The van der Waals surface area contributed by atoms with Crippen molar-refractivity contribution in [3.05, 3.63) is 51.3 Å². The van der Waals surface area contributed by atoms with Gasteiger partial charge >= 0.3 is 6.03 Å². The van der Waals surface area contributed by atoms with Crippen LogP contribution in [-0.2, 0) is 4.79 Å². The van der Waals surface area contributed by atoms with Crippen LogP contribution >= 0.6 is 23.2 Å². The van der Waals surface area contributed by atoms with Gasteiger partial charge in [-0.05, 0) is 56.9 Å². The number of carbonyl (C=O) groups excluding carboxylic acids is 3. The molecular formula is C23H25Cl2N3O3. The number of hydrogen-bond donors (Lipinski definition) is 1. The van der Waals surface area contributed by atoms with Gasteiger partial charge in [-0.15, -0.1) is 0 Å². The topological polar surface area (TPSA) is 71.4 Å². The largest absolute Gasteiger partial charge is 0.325 e. The highest BCUT2D eigenvalue weighted by molar-refractivity contribution is 6.42. The molecule has 1 aliphatic carbocycles. The number of ketones is 1. The number of benzene rings is 1. The molecule has 3 amide bonds. The molecule has 2 fully saturated rings. The fourth-order valence-corrected chi connectivity index (χ4v) is 5.23. The summed E-state index contributed by atoms with van der Waals surface area (Å²) in [5.41, 5.74) is 1.95. The van der Waals surface area contributed by atoms with E-state index >= 15 is 0 Å². The van der Waals surface area contributed by atoms with Gasteiger partial charge in [0, 0.05) is 22.6 Å². The van der Waals surface area contributed by atoms with Crippen LogP contribution in [0.5, 0.6) is 0 Å². The lowest BCUT2D eigenvalue weighted by Gasteiger charge is -2.36. The van der Waals surface area contributed by atoms with E-state index in [1.807, 2.05) is 31.4 Å². The smallest absolute Gasteiger partial charge is 0.323 e. The third kappa shape index (κ3) is 3.56. The van der Waals surface area contributed by atoms with E-state index in [0.29, 0.717) is 27.7 Å². The summed E-state index contributed by atoms with van der Waals surface area (Å²) in [4.78, 5) is 40.0. The second-order valence-corrected chi connectivity index (χ2v) is 9.40. The van der Waals surface area contributed by atoms with Crippen LogP contribution in [0.25, 0.3) is 5.69 Å². The minimum absolute atomic E-state index is 0.0533. The molecular weight excluding hydrogens is 437 g/mol. The molecule has 2 aliphatic rings. The van der Waals surface area contributed by atoms with Crippen molar-refractivity contribution in [1.82, 2.24) is 14.8 Å². The third-order valence-electron chi connectivity index (χ3n) is 6.70. The summed E-state index contributed by atoms with van der Waals surface area (Å²) in [5.74, 6) is -0.503. The molecule has 1 saturated heterocycles. The van der Waals surface area contributed by atoms with Gasteiger partial charge in [0.2, 0.25) is 0 Å². The zero-order valence-electron chi connectivity index (χ0n) is 17.8. The summed E-state index contributed by atoms with van der Waals surface area (Å²) in [6.07, 6.45) is 3.45. The molecule has 2 atom stereocenters. The molecule has 1 aromatic carbocycles. The highest BCUT2D eigenvalue weighted by atomic mass is 35.5. The molecule has 1 N–H and O–H groups in total. The number of carbonyl (C=O) groups is 3. The van der Waals surface area contributed by atoms with Gasteiger partial charge in [-0.2, -0.15) is 0 Å². The monoisotopic (exact) mass is 461 g/mol. The van der Waals surface area contributed by atoms with Gasteiger partial charge in [-0.1, -0.05) is 43.0 Å². The summed E-state index contributed by atoms with van der Waals surface area (Å²) in [7, 11) is 0. The fourth-order valence-electron chi connectivity index (χ4n) is 4.93. The van der Waals surface area contributed by atoms with Crippen molar-refractivity contribution in [2.45, 2.75) is 52.0 Å². The average Bonchev–Trinajstić information content (AvgIpc) is 3.15. The minimum atomic E-state index is -0.868. The van der Waals surface area contributed by atoms with Crippen molar-refractivity contribution >= 4 is 40.9 Å². The number of halogens is 2. The Hall–Kier alpha value is -2.31. The molecule has 1 spiro atoms. The normalized spacial score (nSPS) is 23.5. The van der Waals surface area contributed by atoms with E-state index in [0.717, 1.165) is 35.5 Å². The first-order valence-electron chi connectivity index (χ1n) is 10.5. The predicted octanol–water partition coefficient (Wildman–Crippen LogP) is 5.08. The first kappa shape index (κ1) is 21.9. The van der Waals surface area contributed by atoms with Crippen molar-refractivity contribution in [3.8, 4) is 5.69 Å². The number of urea groups is 1. The Morgan fingerprint density at radius 3 is 2.58 bits per heavy atom. The van der Waals surface area contributed by atoms with Gasteiger partial charge in [-0.3, -0.25) is 14.5 Å². The fraction of sp³-hybridized carbons (Fsp3) is 0.435. The Bertz CT molecular complexity index is 1090. The van der Waals surface area contributed by atoms with Gasteiger partial charge in [0.25, 0.3) is 5.91 Å². The maximum absolute atomic E-state index is 13.2. The van der Waals surface area contributed by atoms with Gasteiger partial charge < -0.3 is 9.88 Å². The molecule has 164 valence electrons. The molecule has 1 aromatic heterocycles. The molecule has 0 bridgehead atoms. The number of nitrogens with one attached hydrogen (secondary N) is 1. The van der Waals surface area contributed by atoms with E-state index in [-0.39, 0.29) is 24.2 Å². The number of imide groups is 1. The van der Waals surface area contributed by atoms with Gasteiger partial charge in [0.15, 0.2) is 5.78 Å². The van der Waals surface area contributed by atoms with E-state index in [9.17, 15) is 14.4 Å². The van der Waals surface area contributed by atoms with Crippen molar-refractivity contribution in [3.63, 3.8) is 0 Å². The van der Waals surface area contributed by atoms with Crippen molar-refractivity contribution < 1.29 is 14.4 Å². The molecule has 0 radical (unpaired) electrons. The van der Waals surface area contributed by atoms with E-state index in [4.69, 9.17) is 23.2 Å². The number of Topliss-reactive ketones (excluding diaryl/α,β-unsaturated/α-hetero) is 1. The Balaban J connectivity index is 1.60. The first-order valence-corrected chi connectivity index (χ1v) is 11.2. The Kier molecular flexibility index (Phi) is 5.64. The lowest BCUT2D eigenvalue weighted by atomic mass is 9.73. The summed E-state index contributed by atoms with van der Waals surface area (Å²) in [5, 5.41) is 3.77. The quantitative estimate of drug-likeness (QED) is 0.509. The highest BCUT2D eigenvalue weighted by Crippen LogP contribution is 2.38. The summed E-state index contributed by atoms with van der Waals surface area (Å²) >= 11 is 12.2. The highest BCUT2D eigenvalue weighted by Gasteiger charge is 2.55. The zero-order chi connectivity index (χ0) is 22.5. The number of nitrogens with zero attached hydrogens (tertiary/aromatic N) is 2. The first-order chi connectivity index (χ1) is 14.7. The molecule has 2 aromatic rings. The average molecular weight is 462 g/mol. The van der Waals surface area contributed by atoms with Gasteiger partial charge in [0.1, 0.15) is 5.54 Å². The van der Waals surface area contributed by atoms with Crippen molar-refractivity contribution in [2.75, 3.05) is 6.54 Å². The molecule has 0 unspecified atom stereocenters. The van der Waals surface area contributed by atoms with Crippen LogP contribution < -0.4 is 5.32 Å². The van der Waals surface area contributed by atoms with Crippen LogP contribution in [0.15, 0.2) is 24.3 Å². The van der Waals surface area contributed by atoms with E-state index < -0.39 is 11.6 Å². The Labute approximate surface area is 191 Å². The number of rotatable bonds is 4. The van der Waals surface area contributed by atoms with Crippen molar-refractivity contribution in [1.29, 1.82) is 0 Å². The molecule has 1 aliphatic heterocycles. The van der Waals surface area contributed by atoms with Gasteiger partial charge in [-0.25, -0.2) is 4.79 Å². The number of aromatic nitrogens is 1. The molecule has 31 heavy (non-hydrogen) atoms. The van der Waals surface area contributed by atoms with Crippen LogP contribution in [0, 0.1) is 19.8 Å². The second kappa shape index (κ2) is 7.99. The molecule has 4 rings (SSSR count). The summed E-state index contributed by atoms with van der Waals surface area (Å²) in [6.45, 7) is 5.44. The molecule has 6 nitrogen and oxygen atoms in total. The van der Waals surface area contributed by atoms with Crippen LogP contribution in [-0.4, -0.2) is 39.3 Å². The molecule has 1 saturated carbocycles. The van der Waals surface area contributed by atoms with E-state index in [1.165, 1.54) is 0 Å². The van der Waals surface area contributed by atoms with Crippen molar-refractivity contribution in [2.24, 2.45) is 5.92 Å². The molecule has 2 heterocycles. The zero-order valence-corrected chi connectivity index (χ0v) is 19.3. The number of aryl methyl sites for hydroxylation is 1. The SMILES string of the molecule is Cc1cc(C(=O)CN2C(=O)N[C@]3(CCCC[C@@H]3C)C2=O)c(C)n1-c1ccc(Cl)c(Cl)c1. The van der Waals surface area contributed by atoms with Crippen LogP contribution in [0.3, 0.4) is 0 Å². The second-order valence-electron chi connectivity index (χ2n) is 8.58. The predicted molar refractivity (Wildman–Crippen MR) is 120 cm³/mol. The summed E-state index contributed by atoms with van der Waals surface area (Å²) in [6, 6.07) is 6.57. The van der Waals surface area contributed by atoms with E-state index in [2.05, 4.69) is 5.32 Å². The standard InChI is InChI=1S/C23H25Cl2N3O3/c1-13-6-4-5-9-23(13)21(30)27(22(31)26-23)12-20(29)17-10-14(2)28(15(17)3)16-7-8-18(24)19(25)11-16/h7-8,10-11,13H,4-6,9,12H2,1-3H3,(H,26,31)/t13-,23-/m0/s1. The lowest BCUT2D eigenvalue weighted by molar-refractivity contribution is -0.133. The third-order valence-corrected chi connectivity index (χ3v) is 7.44. The number of amides is 3. The Morgan fingerprint density at radius 1 is 1.16 bits per heavy atom. The maximum Gasteiger partial charge on any atom is 0.325 e. The lowest BCUT2D eigenvalue weighted by Crippen LogP contribution is -2.54. The van der Waals surface area contributed by atoms with Gasteiger partial charge in [0.05, 0.1) is 16.6 Å². The number of hydrogen-bond acceptors (Lipinski definition) is 3. The van der Waals surface area contributed by atoms with Crippen LogP contribution in [0.2, 0.25) is 10.0 Å². The minimum Gasteiger partial charge on any atom is -0.323 e.